The van der Waals surface area contributed by atoms with Crippen molar-refractivity contribution in [3.63, 3.8) is 0 Å². The summed E-state index contributed by atoms with van der Waals surface area (Å²) < 4.78 is 0. The molecule has 0 aliphatic carbocycles. The van der Waals surface area contributed by atoms with Crippen molar-refractivity contribution in [2.75, 3.05) is 0 Å². The second kappa shape index (κ2) is 2.24. The summed E-state index contributed by atoms with van der Waals surface area (Å²) in [5.41, 5.74) is 2.01. The lowest BCUT2D eigenvalue weighted by molar-refractivity contribution is 1.23. The number of aryl methyl sites for hydroxylation is 1. The molecule has 0 aliphatic heterocycles. The Morgan fingerprint density at radius 3 is 3.18 bits per heavy atom. The van der Waals surface area contributed by atoms with Crippen LogP contribution in [0.25, 0.3) is 10.9 Å². The average Bonchev–Trinajstić information content (AvgIpc) is 2.34. The maximum atomic E-state index is 5.75. The molecule has 11 heavy (non-hydrogen) atoms. The monoisotopic (exact) mass is 166 g/mol. The zero-order valence-corrected chi connectivity index (χ0v) is 6.81. The first-order chi connectivity index (χ1) is 5.27. The number of rotatable bonds is 0. The Balaban J connectivity index is 2.91. The van der Waals surface area contributed by atoms with Gasteiger partial charge in [0.05, 0.1) is 5.52 Å². The van der Waals surface area contributed by atoms with Gasteiger partial charge in [-0.05, 0) is 19.1 Å². The van der Waals surface area contributed by atoms with E-state index in [1.807, 2.05) is 25.3 Å². The van der Waals surface area contributed by atoms with Crippen LogP contribution in [-0.4, -0.2) is 9.97 Å². The summed E-state index contributed by atoms with van der Waals surface area (Å²) in [4.78, 5) is 7.20. The molecule has 0 atom stereocenters. The Labute approximate surface area is 69.2 Å². The predicted octanol–water partition coefficient (Wildman–Crippen LogP) is 2.52. The third kappa shape index (κ3) is 0.994. The van der Waals surface area contributed by atoms with Gasteiger partial charge in [-0.15, -0.1) is 0 Å². The lowest BCUT2D eigenvalue weighted by Gasteiger charge is -1.95. The van der Waals surface area contributed by atoms with Crippen LogP contribution in [0.4, 0.5) is 0 Å². The average molecular weight is 167 g/mol. The van der Waals surface area contributed by atoms with E-state index in [0.29, 0.717) is 5.15 Å². The molecule has 0 radical (unpaired) electrons. The summed E-state index contributed by atoms with van der Waals surface area (Å²) in [6, 6.07) is 3.82. The van der Waals surface area contributed by atoms with Crippen LogP contribution >= 0.6 is 11.6 Å². The largest absolute Gasteiger partial charge is 0.361 e. The smallest absolute Gasteiger partial charge is 0.131 e. The van der Waals surface area contributed by atoms with Crippen LogP contribution in [0, 0.1) is 6.92 Å². The van der Waals surface area contributed by atoms with Crippen LogP contribution in [0.1, 0.15) is 5.69 Å². The normalized spacial score (nSPS) is 10.7. The van der Waals surface area contributed by atoms with Crippen LogP contribution in [0.5, 0.6) is 0 Å². The number of aromatic nitrogens is 2. The fraction of sp³-hybridized carbons (Fsp3) is 0.125. The summed E-state index contributed by atoms with van der Waals surface area (Å²) in [5, 5.41) is 1.67. The zero-order valence-electron chi connectivity index (χ0n) is 6.06. The predicted molar refractivity (Wildman–Crippen MR) is 45.8 cm³/mol. The second-order valence-electron chi connectivity index (χ2n) is 2.47. The van der Waals surface area contributed by atoms with Crippen molar-refractivity contribution in [2.24, 2.45) is 0 Å². The van der Waals surface area contributed by atoms with E-state index >= 15 is 0 Å². The van der Waals surface area contributed by atoms with Crippen LogP contribution < -0.4 is 0 Å². The summed E-state index contributed by atoms with van der Waals surface area (Å²) in [7, 11) is 0. The highest BCUT2D eigenvalue weighted by molar-refractivity contribution is 6.30. The van der Waals surface area contributed by atoms with Gasteiger partial charge in [0, 0.05) is 17.3 Å². The van der Waals surface area contributed by atoms with E-state index in [0.717, 1.165) is 16.6 Å². The molecular formula is C8H7ClN2. The number of nitrogens with zero attached hydrogens (tertiary/aromatic N) is 1. The fourth-order valence-corrected chi connectivity index (χ4v) is 1.42. The summed E-state index contributed by atoms with van der Waals surface area (Å²) in [6.07, 6.45) is 1.88. The Kier molecular flexibility index (Phi) is 1.36. The standard InChI is InChI=1S/C8H7ClN2/c1-5-6-2-3-10-7(6)4-8(9)11-5/h2-4,10H,1H3. The first-order valence-electron chi connectivity index (χ1n) is 3.37. The summed E-state index contributed by atoms with van der Waals surface area (Å²) >= 11 is 5.75. The minimum atomic E-state index is 0.539. The molecule has 0 amide bonds. The zero-order chi connectivity index (χ0) is 7.84. The second-order valence-corrected chi connectivity index (χ2v) is 2.86. The number of hydrogen-bond donors (Lipinski definition) is 1. The number of pyridine rings is 1. The van der Waals surface area contributed by atoms with Crippen LogP contribution in [0.3, 0.4) is 0 Å². The van der Waals surface area contributed by atoms with E-state index in [4.69, 9.17) is 11.6 Å². The van der Waals surface area contributed by atoms with E-state index in [-0.39, 0.29) is 0 Å². The topological polar surface area (TPSA) is 28.7 Å². The Bertz CT molecular complexity index is 392. The third-order valence-corrected chi connectivity index (χ3v) is 1.90. The van der Waals surface area contributed by atoms with Crippen molar-refractivity contribution in [3.8, 4) is 0 Å². The number of halogens is 1. The van der Waals surface area contributed by atoms with Crippen molar-refractivity contribution in [1.82, 2.24) is 9.97 Å². The SMILES string of the molecule is Cc1nc(Cl)cc2[nH]ccc12. The molecule has 0 aliphatic rings. The summed E-state index contributed by atoms with van der Waals surface area (Å²) in [6.45, 7) is 1.95. The molecule has 2 nitrogen and oxygen atoms in total. The van der Waals surface area contributed by atoms with Gasteiger partial charge in [0.1, 0.15) is 5.15 Å². The lowest BCUT2D eigenvalue weighted by Crippen LogP contribution is -1.81. The van der Waals surface area contributed by atoms with Crippen LogP contribution in [0.2, 0.25) is 5.15 Å². The van der Waals surface area contributed by atoms with Gasteiger partial charge in [0.25, 0.3) is 0 Å². The molecule has 2 heterocycles. The molecule has 3 heteroatoms. The molecular weight excluding hydrogens is 160 g/mol. The van der Waals surface area contributed by atoms with Gasteiger partial charge in [0.2, 0.25) is 0 Å². The fourth-order valence-electron chi connectivity index (χ4n) is 1.19. The van der Waals surface area contributed by atoms with Gasteiger partial charge in [-0.2, -0.15) is 0 Å². The molecule has 2 aromatic heterocycles. The van der Waals surface area contributed by atoms with E-state index in [9.17, 15) is 0 Å². The number of hydrogen-bond acceptors (Lipinski definition) is 1. The van der Waals surface area contributed by atoms with Crippen LogP contribution in [-0.2, 0) is 0 Å². The molecule has 2 aromatic rings. The Morgan fingerprint density at radius 2 is 2.36 bits per heavy atom. The third-order valence-electron chi connectivity index (χ3n) is 1.71. The van der Waals surface area contributed by atoms with E-state index in [1.54, 1.807) is 0 Å². The van der Waals surface area contributed by atoms with Crippen molar-refractivity contribution < 1.29 is 0 Å². The van der Waals surface area contributed by atoms with E-state index in [2.05, 4.69) is 9.97 Å². The highest BCUT2D eigenvalue weighted by Gasteiger charge is 1.99. The molecule has 56 valence electrons. The molecule has 0 saturated heterocycles. The van der Waals surface area contributed by atoms with Gasteiger partial charge in [-0.1, -0.05) is 11.6 Å². The molecule has 0 unspecified atom stereocenters. The van der Waals surface area contributed by atoms with Crippen molar-refractivity contribution in [1.29, 1.82) is 0 Å². The lowest BCUT2D eigenvalue weighted by atomic mass is 10.2. The maximum Gasteiger partial charge on any atom is 0.131 e. The first kappa shape index (κ1) is 6.68. The van der Waals surface area contributed by atoms with Gasteiger partial charge in [-0.3, -0.25) is 0 Å². The van der Waals surface area contributed by atoms with Gasteiger partial charge >= 0.3 is 0 Å². The van der Waals surface area contributed by atoms with Crippen molar-refractivity contribution >= 4 is 22.5 Å². The minimum Gasteiger partial charge on any atom is -0.361 e. The molecule has 0 aromatic carbocycles. The Hall–Kier alpha value is -1.02. The van der Waals surface area contributed by atoms with E-state index < -0.39 is 0 Å². The van der Waals surface area contributed by atoms with Gasteiger partial charge < -0.3 is 4.98 Å². The summed E-state index contributed by atoms with van der Waals surface area (Å²) in [5.74, 6) is 0. The molecule has 2 rings (SSSR count). The number of H-pyrrole nitrogens is 1. The minimum absolute atomic E-state index is 0.539. The Morgan fingerprint density at radius 1 is 1.55 bits per heavy atom. The van der Waals surface area contributed by atoms with Crippen LogP contribution in [0.15, 0.2) is 18.3 Å². The highest BCUT2D eigenvalue weighted by atomic mass is 35.5. The number of aromatic amines is 1. The first-order valence-corrected chi connectivity index (χ1v) is 3.75. The van der Waals surface area contributed by atoms with Gasteiger partial charge in [0.15, 0.2) is 0 Å². The highest BCUT2D eigenvalue weighted by Crippen LogP contribution is 2.18. The number of fused-ring (bicyclic) bond motifs is 1. The van der Waals surface area contributed by atoms with E-state index in [1.165, 1.54) is 0 Å². The van der Waals surface area contributed by atoms with Crippen molar-refractivity contribution in [2.45, 2.75) is 6.92 Å². The molecule has 0 fully saturated rings. The number of nitrogens with one attached hydrogen (secondary N) is 1. The quantitative estimate of drug-likeness (QED) is 0.599. The molecule has 0 saturated carbocycles. The maximum absolute atomic E-state index is 5.75. The molecule has 0 bridgehead atoms. The van der Waals surface area contributed by atoms with Gasteiger partial charge in [-0.25, -0.2) is 4.98 Å². The van der Waals surface area contributed by atoms with Crippen molar-refractivity contribution in [3.05, 3.63) is 29.2 Å². The molecule has 0 spiro atoms. The molecule has 1 N–H and O–H groups in total.